The van der Waals surface area contributed by atoms with E-state index in [1.54, 1.807) is 0 Å². The van der Waals surface area contributed by atoms with E-state index in [9.17, 15) is 9.18 Å². The van der Waals surface area contributed by atoms with Crippen LogP contribution in [0.15, 0.2) is 36.4 Å². The quantitative estimate of drug-likeness (QED) is 0.834. The maximum atomic E-state index is 13.0. The molecule has 0 aromatic heterocycles. The molecule has 1 aliphatic rings. The number of benzene rings is 2. The zero-order chi connectivity index (χ0) is 17.8. The average molecular weight is 363 g/mol. The number of rotatable bonds is 6. The summed E-state index contributed by atoms with van der Waals surface area (Å²) in [6.45, 7) is 4.27. The molecule has 1 amide bonds. The molecule has 6 heteroatoms. The monoisotopic (exact) mass is 362 g/mol. The van der Waals surface area contributed by atoms with Gasteiger partial charge in [0, 0.05) is 24.5 Å². The van der Waals surface area contributed by atoms with Gasteiger partial charge >= 0.3 is 0 Å². The first kappa shape index (κ1) is 17.5. The van der Waals surface area contributed by atoms with Crippen molar-refractivity contribution in [1.82, 2.24) is 0 Å². The Hall–Kier alpha value is -2.27. The van der Waals surface area contributed by atoms with Gasteiger partial charge in [-0.15, -0.1) is 0 Å². The highest BCUT2D eigenvalue weighted by atomic mass is 35.5. The van der Waals surface area contributed by atoms with Crippen LogP contribution in [0.3, 0.4) is 0 Å². The Morgan fingerprint density at radius 3 is 2.92 bits per heavy atom. The Morgan fingerprint density at radius 2 is 2.16 bits per heavy atom. The first-order chi connectivity index (χ1) is 12.1. The molecular formula is C19H20ClFN2O2. The van der Waals surface area contributed by atoms with E-state index in [0.29, 0.717) is 5.75 Å². The highest BCUT2D eigenvalue weighted by Crippen LogP contribution is 2.30. The van der Waals surface area contributed by atoms with Gasteiger partial charge in [0.1, 0.15) is 11.6 Å². The second-order valence-electron chi connectivity index (χ2n) is 5.89. The van der Waals surface area contributed by atoms with Crippen molar-refractivity contribution in [3.05, 3.63) is 52.8 Å². The minimum absolute atomic E-state index is 0.140. The van der Waals surface area contributed by atoms with Gasteiger partial charge in [-0.25, -0.2) is 4.39 Å². The van der Waals surface area contributed by atoms with Crippen LogP contribution in [-0.2, 0) is 11.2 Å². The lowest BCUT2D eigenvalue weighted by atomic mass is 10.1. The maximum absolute atomic E-state index is 13.0. The van der Waals surface area contributed by atoms with E-state index in [4.69, 9.17) is 16.3 Å². The fourth-order valence-corrected chi connectivity index (χ4v) is 3.14. The number of hydrogen-bond acceptors (Lipinski definition) is 3. The van der Waals surface area contributed by atoms with Gasteiger partial charge in [0.05, 0.1) is 18.1 Å². The van der Waals surface area contributed by atoms with E-state index in [1.165, 1.54) is 29.4 Å². The van der Waals surface area contributed by atoms with Crippen molar-refractivity contribution in [1.29, 1.82) is 0 Å². The summed E-state index contributed by atoms with van der Waals surface area (Å²) in [6.07, 6.45) is 1.23. The van der Waals surface area contributed by atoms with Crippen LogP contribution in [0.25, 0.3) is 0 Å². The molecular weight excluding hydrogens is 343 g/mol. The molecule has 132 valence electrons. The Morgan fingerprint density at radius 1 is 1.32 bits per heavy atom. The summed E-state index contributed by atoms with van der Waals surface area (Å²) < 4.78 is 18.4. The summed E-state index contributed by atoms with van der Waals surface area (Å²) in [6, 6.07) is 9.91. The fourth-order valence-electron chi connectivity index (χ4n) is 2.92. The van der Waals surface area contributed by atoms with Gasteiger partial charge in [0.2, 0.25) is 5.91 Å². The van der Waals surface area contributed by atoms with Crippen LogP contribution < -0.4 is 15.0 Å². The molecule has 1 aliphatic heterocycles. The summed E-state index contributed by atoms with van der Waals surface area (Å²) in [4.78, 5) is 14.4. The predicted octanol–water partition coefficient (Wildman–Crippen LogP) is 4.27. The minimum atomic E-state index is -0.423. The Labute approximate surface area is 151 Å². The lowest BCUT2D eigenvalue weighted by molar-refractivity contribution is -0.116. The van der Waals surface area contributed by atoms with E-state index in [1.807, 2.05) is 12.1 Å². The molecule has 0 radical (unpaired) electrons. The van der Waals surface area contributed by atoms with Crippen molar-refractivity contribution in [2.45, 2.75) is 19.8 Å². The van der Waals surface area contributed by atoms with E-state index < -0.39 is 5.82 Å². The number of nitrogens with one attached hydrogen (secondary N) is 1. The summed E-state index contributed by atoms with van der Waals surface area (Å²) in [5.74, 6) is -0.195. The third-order valence-corrected chi connectivity index (χ3v) is 4.52. The summed E-state index contributed by atoms with van der Waals surface area (Å²) in [5.41, 5.74) is 3.28. The number of ether oxygens (including phenoxy) is 1. The van der Waals surface area contributed by atoms with Crippen molar-refractivity contribution in [3.8, 4) is 5.75 Å². The van der Waals surface area contributed by atoms with Gasteiger partial charge < -0.3 is 15.0 Å². The fraction of sp³-hybridized carbons (Fsp3) is 0.316. The molecule has 0 saturated heterocycles. The lowest BCUT2D eigenvalue weighted by Crippen LogP contribution is -2.19. The normalized spacial score (nSPS) is 12.8. The molecule has 3 rings (SSSR count). The van der Waals surface area contributed by atoms with Gasteiger partial charge in [0.15, 0.2) is 0 Å². The maximum Gasteiger partial charge on any atom is 0.227 e. The summed E-state index contributed by atoms with van der Waals surface area (Å²) in [5, 5.41) is 3.08. The number of anilines is 2. The second-order valence-corrected chi connectivity index (χ2v) is 6.30. The van der Waals surface area contributed by atoms with Crippen LogP contribution in [0.5, 0.6) is 5.75 Å². The summed E-state index contributed by atoms with van der Waals surface area (Å²) >= 11 is 5.89. The number of amides is 1. The number of nitrogens with zero attached hydrogens (tertiary/aromatic N) is 1. The molecule has 0 aliphatic carbocycles. The Kier molecular flexibility index (Phi) is 5.43. The molecule has 2 aromatic rings. The van der Waals surface area contributed by atoms with Crippen LogP contribution in [0.2, 0.25) is 5.02 Å². The first-order valence-corrected chi connectivity index (χ1v) is 8.70. The standard InChI is InChI=1S/C19H20ClFN2O2/c1-2-23-9-7-13-3-5-15(12-17(13)23)22-19(24)8-10-25-18-6-4-14(21)11-16(18)20/h3-6,11-12H,2,7-10H2,1H3,(H,22,24). The SMILES string of the molecule is CCN1CCc2ccc(NC(=O)CCOc3ccc(F)cc3Cl)cc21. The van der Waals surface area contributed by atoms with E-state index >= 15 is 0 Å². The Bertz CT molecular complexity index is 782. The predicted molar refractivity (Wildman–Crippen MR) is 98.2 cm³/mol. The third-order valence-electron chi connectivity index (χ3n) is 4.22. The van der Waals surface area contributed by atoms with Gasteiger partial charge in [-0.1, -0.05) is 17.7 Å². The average Bonchev–Trinajstić information content (AvgIpc) is 2.99. The molecule has 0 fully saturated rings. The number of carbonyl (C=O) groups is 1. The molecule has 0 bridgehead atoms. The van der Waals surface area contributed by atoms with Gasteiger partial charge in [0.25, 0.3) is 0 Å². The second kappa shape index (κ2) is 7.74. The molecule has 25 heavy (non-hydrogen) atoms. The molecule has 0 atom stereocenters. The number of hydrogen-bond donors (Lipinski definition) is 1. The van der Waals surface area contributed by atoms with Crippen molar-refractivity contribution in [2.75, 3.05) is 29.9 Å². The lowest BCUT2D eigenvalue weighted by Gasteiger charge is -2.17. The molecule has 0 saturated carbocycles. The zero-order valence-electron chi connectivity index (χ0n) is 14.0. The molecule has 0 unspecified atom stereocenters. The smallest absolute Gasteiger partial charge is 0.227 e. The van der Waals surface area contributed by atoms with Crippen molar-refractivity contribution in [2.24, 2.45) is 0 Å². The number of halogens is 2. The molecule has 4 nitrogen and oxygen atoms in total. The van der Waals surface area contributed by atoms with Crippen LogP contribution in [0, 0.1) is 5.82 Å². The number of likely N-dealkylation sites (N-methyl/N-ethyl adjacent to an activating group) is 1. The molecule has 0 spiro atoms. The minimum Gasteiger partial charge on any atom is -0.491 e. The molecule has 1 N–H and O–H groups in total. The molecule has 1 heterocycles. The third kappa shape index (κ3) is 4.23. The van der Waals surface area contributed by atoms with Gasteiger partial charge in [-0.2, -0.15) is 0 Å². The zero-order valence-corrected chi connectivity index (χ0v) is 14.8. The van der Waals surface area contributed by atoms with E-state index in [2.05, 4.69) is 23.2 Å². The van der Waals surface area contributed by atoms with Crippen LogP contribution in [0.1, 0.15) is 18.9 Å². The topological polar surface area (TPSA) is 41.6 Å². The van der Waals surface area contributed by atoms with Crippen LogP contribution in [0.4, 0.5) is 15.8 Å². The largest absolute Gasteiger partial charge is 0.491 e. The summed E-state index contributed by atoms with van der Waals surface area (Å²) in [7, 11) is 0. The van der Waals surface area contributed by atoms with Crippen LogP contribution >= 0.6 is 11.6 Å². The highest BCUT2D eigenvalue weighted by Gasteiger charge is 2.18. The highest BCUT2D eigenvalue weighted by molar-refractivity contribution is 6.32. The Balaban J connectivity index is 1.53. The van der Waals surface area contributed by atoms with Gasteiger partial charge in [-0.3, -0.25) is 4.79 Å². The number of carbonyl (C=O) groups excluding carboxylic acids is 1. The number of fused-ring (bicyclic) bond motifs is 1. The van der Waals surface area contributed by atoms with E-state index in [0.717, 1.165) is 25.2 Å². The van der Waals surface area contributed by atoms with Crippen LogP contribution in [-0.4, -0.2) is 25.6 Å². The van der Waals surface area contributed by atoms with E-state index in [-0.39, 0.29) is 24.0 Å². The van der Waals surface area contributed by atoms with Crippen molar-refractivity contribution >= 4 is 28.9 Å². The first-order valence-electron chi connectivity index (χ1n) is 8.32. The van der Waals surface area contributed by atoms with Crippen molar-refractivity contribution < 1.29 is 13.9 Å². The molecule has 2 aromatic carbocycles. The van der Waals surface area contributed by atoms with Gasteiger partial charge in [-0.05, 0) is 49.2 Å². The van der Waals surface area contributed by atoms with Crippen molar-refractivity contribution in [3.63, 3.8) is 0 Å².